The minimum atomic E-state index is -3.18. The van der Waals surface area contributed by atoms with Crippen LogP contribution in [0, 0.1) is 0 Å². The molecule has 1 aliphatic heterocycles. The highest BCUT2D eigenvalue weighted by molar-refractivity contribution is 7.90. The van der Waals surface area contributed by atoms with Gasteiger partial charge < -0.3 is 5.32 Å². The van der Waals surface area contributed by atoms with Crippen LogP contribution in [0.15, 0.2) is 29.2 Å². The molecule has 80 valence electrons. The Kier molecular flexibility index (Phi) is 2.36. The number of Topliss-reactive ketones (excluding diaryl/α,β-unsaturated/α-hetero) is 1. The highest BCUT2D eigenvalue weighted by Gasteiger charge is 2.29. The normalized spacial score (nSPS) is 19.9. The number of carbonyl (C=O) groups excluding carboxylic acids is 1. The summed E-state index contributed by atoms with van der Waals surface area (Å²) < 4.78 is 22.3. The summed E-state index contributed by atoms with van der Waals surface area (Å²) in [4.78, 5) is 11.8. The summed E-state index contributed by atoms with van der Waals surface area (Å²) in [5.74, 6) is 0.0232. The van der Waals surface area contributed by atoms with Crippen LogP contribution in [0.25, 0.3) is 0 Å². The zero-order valence-electron chi connectivity index (χ0n) is 8.23. The molecule has 0 aliphatic carbocycles. The van der Waals surface area contributed by atoms with Gasteiger partial charge in [0, 0.05) is 18.4 Å². The smallest absolute Gasteiger partial charge is 0.181 e. The quantitative estimate of drug-likeness (QED) is 0.591. The van der Waals surface area contributed by atoms with Crippen molar-refractivity contribution in [3.05, 3.63) is 29.8 Å². The van der Waals surface area contributed by atoms with Crippen molar-refractivity contribution in [3.63, 3.8) is 0 Å². The number of benzene rings is 1. The van der Waals surface area contributed by atoms with Crippen molar-refractivity contribution < 1.29 is 13.2 Å². The van der Waals surface area contributed by atoms with Crippen molar-refractivity contribution in [2.75, 3.05) is 12.8 Å². The van der Waals surface area contributed by atoms with E-state index in [0.717, 1.165) is 6.26 Å². The number of hydrogen-bond acceptors (Lipinski definition) is 4. The van der Waals surface area contributed by atoms with Gasteiger partial charge in [0.25, 0.3) is 0 Å². The van der Waals surface area contributed by atoms with Crippen LogP contribution in [0.4, 0.5) is 0 Å². The zero-order chi connectivity index (χ0) is 11.1. The van der Waals surface area contributed by atoms with Crippen molar-refractivity contribution in [1.29, 1.82) is 0 Å². The third-order valence-electron chi connectivity index (χ3n) is 2.29. The highest BCUT2D eigenvalue weighted by Crippen LogP contribution is 2.13. The van der Waals surface area contributed by atoms with Crippen molar-refractivity contribution in [2.24, 2.45) is 0 Å². The van der Waals surface area contributed by atoms with Gasteiger partial charge in [-0.25, -0.2) is 8.42 Å². The molecule has 0 amide bonds. The van der Waals surface area contributed by atoms with Gasteiger partial charge >= 0.3 is 0 Å². The standard InChI is InChI=1S/C10H11NO3S/c1-15(13,14)8-4-2-7(3-5-8)10(12)9-6-11-9/h2-5,9,11H,6H2,1H3. The van der Waals surface area contributed by atoms with Gasteiger partial charge in [0.2, 0.25) is 0 Å². The van der Waals surface area contributed by atoms with Crippen LogP contribution in [-0.2, 0) is 9.84 Å². The summed E-state index contributed by atoms with van der Waals surface area (Å²) in [5.41, 5.74) is 0.553. The fraction of sp³-hybridized carbons (Fsp3) is 0.300. The molecule has 0 saturated carbocycles. The zero-order valence-corrected chi connectivity index (χ0v) is 9.04. The van der Waals surface area contributed by atoms with Crippen LogP contribution in [0.1, 0.15) is 10.4 Å². The van der Waals surface area contributed by atoms with Crippen LogP contribution in [0.2, 0.25) is 0 Å². The Morgan fingerprint density at radius 3 is 2.27 bits per heavy atom. The van der Waals surface area contributed by atoms with Crippen LogP contribution < -0.4 is 5.32 Å². The molecular weight excluding hydrogens is 214 g/mol. The minimum absolute atomic E-state index is 0.0232. The van der Waals surface area contributed by atoms with Gasteiger partial charge in [-0.3, -0.25) is 4.79 Å². The van der Waals surface area contributed by atoms with Crippen molar-refractivity contribution in [2.45, 2.75) is 10.9 Å². The molecule has 1 atom stereocenters. The fourth-order valence-corrected chi connectivity index (χ4v) is 1.94. The van der Waals surface area contributed by atoms with E-state index in [9.17, 15) is 13.2 Å². The molecule has 5 heteroatoms. The van der Waals surface area contributed by atoms with Gasteiger partial charge in [0.05, 0.1) is 10.9 Å². The van der Waals surface area contributed by atoms with E-state index < -0.39 is 9.84 Å². The topological polar surface area (TPSA) is 73.2 Å². The first-order chi connectivity index (χ1) is 6.98. The summed E-state index contributed by atoms with van der Waals surface area (Å²) in [5, 5.41) is 2.91. The van der Waals surface area contributed by atoms with Crippen molar-refractivity contribution in [1.82, 2.24) is 5.32 Å². The van der Waals surface area contributed by atoms with Gasteiger partial charge in [-0.2, -0.15) is 0 Å². The van der Waals surface area contributed by atoms with E-state index in [-0.39, 0.29) is 16.7 Å². The average Bonchev–Trinajstić information content (AvgIpc) is 2.99. The summed E-state index contributed by atoms with van der Waals surface area (Å²) >= 11 is 0. The Balaban J connectivity index is 2.27. The number of sulfone groups is 1. The molecule has 0 radical (unpaired) electrons. The minimum Gasteiger partial charge on any atom is -0.304 e. The van der Waals surface area contributed by atoms with Crippen molar-refractivity contribution >= 4 is 15.6 Å². The molecule has 15 heavy (non-hydrogen) atoms. The van der Waals surface area contributed by atoms with Gasteiger partial charge in [0.1, 0.15) is 0 Å². The third-order valence-corrected chi connectivity index (χ3v) is 3.42. The van der Waals surface area contributed by atoms with E-state index in [4.69, 9.17) is 0 Å². The molecule has 0 spiro atoms. The Hall–Kier alpha value is -1.20. The third kappa shape index (κ3) is 2.24. The van der Waals surface area contributed by atoms with E-state index in [0.29, 0.717) is 12.1 Å². The molecular formula is C10H11NO3S. The van der Waals surface area contributed by atoms with E-state index >= 15 is 0 Å². The van der Waals surface area contributed by atoms with Crippen molar-refractivity contribution in [3.8, 4) is 0 Å². The second-order valence-corrected chi connectivity index (χ2v) is 5.64. The molecule has 1 heterocycles. The highest BCUT2D eigenvalue weighted by atomic mass is 32.2. The van der Waals surface area contributed by atoms with Crippen LogP contribution in [0.5, 0.6) is 0 Å². The van der Waals surface area contributed by atoms with E-state index in [2.05, 4.69) is 5.32 Å². The molecule has 0 bridgehead atoms. The second kappa shape index (κ2) is 3.43. The SMILES string of the molecule is CS(=O)(=O)c1ccc(C(=O)C2CN2)cc1. The maximum atomic E-state index is 11.6. The Morgan fingerprint density at radius 2 is 1.87 bits per heavy atom. The lowest BCUT2D eigenvalue weighted by molar-refractivity contribution is 0.0990. The predicted molar refractivity (Wildman–Crippen MR) is 55.7 cm³/mol. The van der Waals surface area contributed by atoms with Gasteiger partial charge in [-0.1, -0.05) is 12.1 Å². The van der Waals surface area contributed by atoms with Crippen LogP contribution in [-0.4, -0.2) is 33.0 Å². The van der Waals surface area contributed by atoms with Gasteiger partial charge in [0.15, 0.2) is 15.6 Å². The molecule has 1 aromatic carbocycles. The molecule has 2 rings (SSSR count). The molecule has 1 unspecified atom stereocenters. The lowest BCUT2D eigenvalue weighted by Gasteiger charge is -2.00. The first-order valence-corrected chi connectivity index (χ1v) is 6.45. The largest absolute Gasteiger partial charge is 0.304 e. The summed E-state index contributed by atoms with van der Waals surface area (Å²) in [7, 11) is -3.18. The molecule has 1 saturated heterocycles. The van der Waals surface area contributed by atoms with Crippen LogP contribution >= 0.6 is 0 Å². The lowest BCUT2D eigenvalue weighted by Crippen LogP contribution is -2.10. The van der Waals surface area contributed by atoms with E-state index in [1.54, 1.807) is 12.1 Å². The molecule has 1 N–H and O–H groups in total. The number of rotatable bonds is 3. The maximum Gasteiger partial charge on any atom is 0.181 e. The number of ketones is 1. The molecule has 4 nitrogen and oxygen atoms in total. The van der Waals surface area contributed by atoms with Gasteiger partial charge in [-0.05, 0) is 12.1 Å². The first-order valence-electron chi connectivity index (χ1n) is 4.56. The molecule has 1 aliphatic rings. The lowest BCUT2D eigenvalue weighted by atomic mass is 10.1. The maximum absolute atomic E-state index is 11.6. The Labute approximate surface area is 88.2 Å². The first kappa shape index (κ1) is 10.3. The molecule has 1 fully saturated rings. The van der Waals surface area contributed by atoms with E-state index in [1.165, 1.54) is 12.1 Å². The monoisotopic (exact) mass is 225 g/mol. The number of nitrogens with one attached hydrogen (secondary N) is 1. The Morgan fingerprint density at radius 1 is 1.33 bits per heavy atom. The summed E-state index contributed by atoms with van der Waals surface area (Å²) in [6, 6.07) is 5.96. The summed E-state index contributed by atoms with van der Waals surface area (Å²) in [6.45, 7) is 0.715. The molecule has 1 aromatic rings. The number of carbonyl (C=O) groups is 1. The average molecular weight is 225 g/mol. The summed E-state index contributed by atoms with van der Waals surface area (Å²) in [6.07, 6.45) is 1.15. The van der Waals surface area contributed by atoms with Gasteiger partial charge in [-0.15, -0.1) is 0 Å². The van der Waals surface area contributed by atoms with Crippen LogP contribution in [0.3, 0.4) is 0 Å². The van der Waals surface area contributed by atoms with E-state index in [1.807, 2.05) is 0 Å². The number of hydrogen-bond donors (Lipinski definition) is 1. The second-order valence-electron chi connectivity index (χ2n) is 3.62. The molecule has 0 aromatic heterocycles. The Bertz CT molecular complexity index is 486. The fourth-order valence-electron chi connectivity index (χ4n) is 1.31. The predicted octanol–water partition coefficient (Wildman–Crippen LogP) is 0.245.